The van der Waals surface area contributed by atoms with Crippen molar-refractivity contribution in [2.24, 2.45) is 0 Å². The van der Waals surface area contributed by atoms with E-state index >= 15 is 0 Å². The van der Waals surface area contributed by atoms with Crippen LogP contribution in [0.25, 0.3) is 0 Å². The molecule has 0 saturated carbocycles. The molecule has 1 aromatic rings. The highest BCUT2D eigenvalue weighted by Gasteiger charge is 2.44. The molecule has 176 valence electrons. The lowest BCUT2D eigenvalue weighted by Crippen LogP contribution is -2.47. The Morgan fingerprint density at radius 2 is 2.10 bits per heavy atom. The van der Waals surface area contributed by atoms with Gasteiger partial charge in [0.15, 0.2) is 0 Å². The lowest BCUT2D eigenvalue weighted by Gasteiger charge is -2.32. The van der Waals surface area contributed by atoms with Crippen LogP contribution in [-0.2, 0) is 25.6 Å². The second kappa shape index (κ2) is 11.0. The van der Waals surface area contributed by atoms with Crippen molar-refractivity contribution in [2.75, 3.05) is 39.9 Å². The third-order valence-electron chi connectivity index (χ3n) is 5.11. The fourth-order valence-electron chi connectivity index (χ4n) is 3.67. The second-order valence-electron chi connectivity index (χ2n) is 7.76. The standard InChI is InChI=1S/C18H28N2O4.C2HF3O2/c1-3-17(21)20-8-10-22-14-18(13-20)7-6-16(24-18)12-19(2)11-15-5-4-9-23-15;3-2(4,5)1(6)7/h4-5,9,16H,3,6-8,10-14H2,1-2H3;(H,6,7). The van der Waals surface area contributed by atoms with Gasteiger partial charge in [-0.25, -0.2) is 4.79 Å². The highest BCUT2D eigenvalue weighted by Crippen LogP contribution is 2.33. The average Bonchev–Trinajstić information content (AvgIpc) is 3.28. The minimum Gasteiger partial charge on any atom is -0.475 e. The fraction of sp³-hybridized carbons (Fsp3) is 0.700. The number of carboxylic acid groups (broad SMARTS) is 1. The molecule has 2 atom stereocenters. The number of nitrogens with zero attached hydrogens (tertiary/aromatic N) is 2. The first-order valence-electron chi connectivity index (χ1n) is 10.1. The van der Waals surface area contributed by atoms with Crippen molar-refractivity contribution in [3.05, 3.63) is 24.2 Å². The summed E-state index contributed by atoms with van der Waals surface area (Å²) >= 11 is 0. The van der Waals surface area contributed by atoms with Crippen molar-refractivity contribution in [1.82, 2.24) is 9.80 Å². The van der Waals surface area contributed by atoms with Gasteiger partial charge in [0.1, 0.15) is 11.4 Å². The second-order valence-corrected chi connectivity index (χ2v) is 7.76. The summed E-state index contributed by atoms with van der Waals surface area (Å²) in [4.78, 5) is 25.1. The van der Waals surface area contributed by atoms with Crippen molar-refractivity contribution in [2.45, 2.75) is 50.6 Å². The van der Waals surface area contributed by atoms with Crippen LogP contribution in [-0.4, -0.2) is 84.6 Å². The normalized spacial score (nSPS) is 24.1. The molecule has 0 bridgehead atoms. The summed E-state index contributed by atoms with van der Waals surface area (Å²) in [5.41, 5.74) is -0.336. The van der Waals surface area contributed by atoms with Gasteiger partial charge in [-0.05, 0) is 32.0 Å². The maximum Gasteiger partial charge on any atom is 0.490 e. The van der Waals surface area contributed by atoms with E-state index in [0.29, 0.717) is 32.7 Å². The van der Waals surface area contributed by atoms with Gasteiger partial charge in [0.2, 0.25) is 5.91 Å². The van der Waals surface area contributed by atoms with Crippen LogP contribution in [0.2, 0.25) is 0 Å². The van der Waals surface area contributed by atoms with E-state index in [0.717, 1.165) is 31.7 Å². The number of ether oxygens (including phenoxy) is 2. The minimum atomic E-state index is -5.08. The van der Waals surface area contributed by atoms with Gasteiger partial charge in [0, 0.05) is 19.5 Å². The Morgan fingerprint density at radius 1 is 1.39 bits per heavy atom. The van der Waals surface area contributed by atoms with E-state index < -0.39 is 12.1 Å². The number of rotatable bonds is 5. The number of likely N-dealkylation sites (N-methyl/N-ethyl adjacent to an activating group) is 1. The predicted octanol–water partition coefficient (Wildman–Crippen LogP) is 2.53. The summed E-state index contributed by atoms with van der Waals surface area (Å²) in [6.45, 7) is 6.03. The Labute approximate surface area is 178 Å². The summed E-state index contributed by atoms with van der Waals surface area (Å²) in [6.07, 6.45) is -0.734. The predicted molar refractivity (Wildman–Crippen MR) is 103 cm³/mol. The van der Waals surface area contributed by atoms with E-state index in [-0.39, 0.29) is 17.6 Å². The fourth-order valence-corrected chi connectivity index (χ4v) is 3.67. The SMILES string of the molecule is CCC(=O)N1CCOCC2(CCC(CN(C)Cc3ccco3)O2)C1.O=C(O)C(F)(F)F. The number of alkyl halides is 3. The zero-order valence-corrected chi connectivity index (χ0v) is 17.7. The highest BCUT2D eigenvalue weighted by atomic mass is 19.4. The molecule has 1 N–H and O–H groups in total. The number of amides is 1. The van der Waals surface area contributed by atoms with Gasteiger partial charge in [-0.3, -0.25) is 9.69 Å². The van der Waals surface area contributed by atoms with Crippen LogP contribution in [0.5, 0.6) is 0 Å². The van der Waals surface area contributed by atoms with Crippen LogP contribution < -0.4 is 0 Å². The first-order chi connectivity index (χ1) is 14.5. The Hall–Kier alpha value is -2.11. The maximum absolute atomic E-state index is 12.1. The molecule has 0 radical (unpaired) electrons. The number of carboxylic acids is 1. The molecular formula is C20H29F3N2O6. The monoisotopic (exact) mass is 450 g/mol. The number of carbonyl (C=O) groups excluding carboxylic acids is 1. The molecule has 0 aromatic carbocycles. The van der Waals surface area contributed by atoms with Crippen molar-refractivity contribution >= 4 is 11.9 Å². The Bertz CT molecular complexity index is 712. The van der Waals surface area contributed by atoms with E-state index in [1.54, 1.807) is 6.26 Å². The number of carbonyl (C=O) groups is 2. The quantitative estimate of drug-likeness (QED) is 0.737. The summed E-state index contributed by atoms with van der Waals surface area (Å²) in [5.74, 6) is -1.61. The molecule has 3 heterocycles. The molecule has 3 rings (SSSR count). The average molecular weight is 450 g/mol. The molecule has 1 aromatic heterocycles. The molecule has 2 saturated heterocycles. The van der Waals surface area contributed by atoms with Crippen LogP contribution in [0.1, 0.15) is 31.9 Å². The molecular weight excluding hydrogens is 421 g/mol. The number of furan rings is 1. The van der Waals surface area contributed by atoms with Crippen molar-refractivity contribution < 1.29 is 41.8 Å². The van der Waals surface area contributed by atoms with E-state index in [1.807, 2.05) is 24.0 Å². The zero-order chi connectivity index (χ0) is 23.1. The number of hydrogen-bond donors (Lipinski definition) is 1. The van der Waals surface area contributed by atoms with Crippen LogP contribution in [0.3, 0.4) is 0 Å². The van der Waals surface area contributed by atoms with Crippen LogP contribution in [0.4, 0.5) is 13.2 Å². The molecule has 8 nitrogen and oxygen atoms in total. The van der Waals surface area contributed by atoms with E-state index in [2.05, 4.69) is 11.9 Å². The lowest BCUT2D eigenvalue weighted by atomic mass is 10.00. The van der Waals surface area contributed by atoms with Crippen molar-refractivity contribution in [1.29, 1.82) is 0 Å². The van der Waals surface area contributed by atoms with Crippen LogP contribution in [0.15, 0.2) is 22.8 Å². The van der Waals surface area contributed by atoms with E-state index in [9.17, 15) is 18.0 Å². The maximum atomic E-state index is 12.1. The minimum absolute atomic E-state index is 0.172. The Morgan fingerprint density at radius 3 is 2.68 bits per heavy atom. The van der Waals surface area contributed by atoms with E-state index in [4.69, 9.17) is 23.8 Å². The summed E-state index contributed by atoms with van der Waals surface area (Å²) in [7, 11) is 2.08. The van der Waals surface area contributed by atoms with Gasteiger partial charge in [0.05, 0.1) is 38.7 Å². The molecule has 31 heavy (non-hydrogen) atoms. The molecule has 2 fully saturated rings. The number of aliphatic carboxylic acids is 1. The van der Waals surface area contributed by atoms with Crippen molar-refractivity contribution in [3.63, 3.8) is 0 Å². The molecule has 2 unspecified atom stereocenters. The van der Waals surface area contributed by atoms with Gasteiger partial charge in [-0.15, -0.1) is 0 Å². The van der Waals surface area contributed by atoms with Gasteiger partial charge < -0.3 is 23.9 Å². The highest BCUT2D eigenvalue weighted by molar-refractivity contribution is 5.76. The first kappa shape index (κ1) is 25.2. The van der Waals surface area contributed by atoms with Crippen LogP contribution >= 0.6 is 0 Å². The number of hydrogen-bond acceptors (Lipinski definition) is 6. The molecule has 11 heteroatoms. The Kier molecular flexibility index (Phi) is 8.90. The summed E-state index contributed by atoms with van der Waals surface area (Å²) < 4.78 is 49.3. The molecule has 0 aliphatic carbocycles. The Balaban J connectivity index is 0.000000423. The summed E-state index contributed by atoms with van der Waals surface area (Å²) in [5, 5.41) is 7.12. The van der Waals surface area contributed by atoms with Gasteiger partial charge in [0.25, 0.3) is 0 Å². The van der Waals surface area contributed by atoms with Crippen molar-refractivity contribution in [3.8, 4) is 0 Å². The molecule has 2 aliphatic heterocycles. The molecule has 1 spiro atoms. The largest absolute Gasteiger partial charge is 0.490 e. The summed E-state index contributed by atoms with van der Waals surface area (Å²) in [6, 6.07) is 3.90. The van der Waals surface area contributed by atoms with Gasteiger partial charge in [-0.1, -0.05) is 6.92 Å². The van der Waals surface area contributed by atoms with Gasteiger partial charge in [-0.2, -0.15) is 13.2 Å². The molecule has 1 amide bonds. The van der Waals surface area contributed by atoms with Gasteiger partial charge >= 0.3 is 12.1 Å². The first-order valence-corrected chi connectivity index (χ1v) is 10.1. The zero-order valence-electron chi connectivity index (χ0n) is 17.7. The molecule has 2 aliphatic rings. The lowest BCUT2D eigenvalue weighted by molar-refractivity contribution is -0.192. The third-order valence-corrected chi connectivity index (χ3v) is 5.11. The van der Waals surface area contributed by atoms with E-state index in [1.165, 1.54) is 0 Å². The van der Waals surface area contributed by atoms with Crippen LogP contribution in [0, 0.1) is 0 Å². The topological polar surface area (TPSA) is 92.5 Å². The number of halogens is 3. The third kappa shape index (κ3) is 7.82. The smallest absolute Gasteiger partial charge is 0.475 e.